The molecule has 1 N–H and O–H groups in total. The van der Waals surface area contributed by atoms with Gasteiger partial charge in [0.1, 0.15) is 5.00 Å². The number of ether oxygens (including phenoxy) is 1. The quantitative estimate of drug-likeness (QED) is 0.320. The second-order valence-corrected chi connectivity index (χ2v) is 12.0. The molecule has 1 fully saturated rings. The Morgan fingerprint density at radius 3 is 2.38 bits per heavy atom. The van der Waals surface area contributed by atoms with E-state index in [2.05, 4.69) is 10.4 Å². The number of halogens is 1. The van der Waals surface area contributed by atoms with Crippen molar-refractivity contribution in [1.29, 1.82) is 0 Å². The molecular weight excluding hydrogens is 564 g/mol. The first-order valence-corrected chi connectivity index (χ1v) is 14.8. The molecule has 0 atom stereocenters. The lowest BCUT2D eigenvalue weighted by Crippen LogP contribution is -2.27. The summed E-state index contributed by atoms with van der Waals surface area (Å²) in [5.41, 5.74) is -0.0525. The molecule has 0 aliphatic carbocycles. The number of nitrogens with zero attached hydrogens (tertiary/aromatic N) is 3. The molecule has 2 aromatic carbocycles. The SMILES string of the molecule is CCOC(=O)c1nn(-c2ccc(Cl)cc2)c(=O)c2c(NC(=O)c3ccc(S(=O)(=O)N4CCCC4)cc3)scc12. The van der Waals surface area contributed by atoms with Crippen LogP contribution in [0.1, 0.15) is 40.6 Å². The molecule has 202 valence electrons. The fourth-order valence-corrected chi connectivity index (χ4v) is 6.86. The fraction of sp³-hybridized carbons (Fsp3) is 0.231. The van der Waals surface area contributed by atoms with Crippen molar-refractivity contribution < 1.29 is 22.7 Å². The van der Waals surface area contributed by atoms with E-state index in [0.717, 1.165) is 28.9 Å². The number of aromatic nitrogens is 2. The molecule has 0 saturated carbocycles. The third-order valence-corrected chi connectivity index (χ3v) is 9.30. The van der Waals surface area contributed by atoms with E-state index in [9.17, 15) is 22.8 Å². The Kier molecular flexibility index (Phi) is 7.54. The highest BCUT2D eigenvalue weighted by atomic mass is 35.5. The highest BCUT2D eigenvalue weighted by molar-refractivity contribution is 7.89. The van der Waals surface area contributed by atoms with Crippen molar-refractivity contribution in [2.75, 3.05) is 25.0 Å². The van der Waals surface area contributed by atoms with E-state index in [4.69, 9.17) is 16.3 Å². The average Bonchev–Trinajstić information content (AvgIpc) is 3.62. The number of benzene rings is 2. The van der Waals surface area contributed by atoms with Gasteiger partial charge in [0, 0.05) is 34.4 Å². The lowest BCUT2D eigenvalue weighted by atomic mass is 10.2. The molecule has 39 heavy (non-hydrogen) atoms. The highest BCUT2D eigenvalue weighted by Gasteiger charge is 2.27. The molecule has 1 aliphatic rings. The molecular formula is C26H23ClN4O6S2. The maximum atomic E-state index is 13.5. The Morgan fingerprint density at radius 1 is 1.08 bits per heavy atom. The summed E-state index contributed by atoms with van der Waals surface area (Å²) in [6.07, 6.45) is 1.64. The van der Waals surface area contributed by atoms with Gasteiger partial charge in [0.25, 0.3) is 11.5 Å². The van der Waals surface area contributed by atoms with Crippen LogP contribution in [0.4, 0.5) is 5.00 Å². The second kappa shape index (κ2) is 10.9. The van der Waals surface area contributed by atoms with Gasteiger partial charge in [-0.25, -0.2) is 13.2 Å². The Bertz CT molecular complexity index is 1730. The zero-order chi connectivity index (χ0) is 27.7. The zero-order valence-electron chi connectivity index (χ0n) is 20.7. The molecule has 5 rings (SSSR count). The van der Waals surface area contributed by atoms with Crippen molar-refractivity contribution in [3.05, 3.63) is 80.5 Å². The van der Waals surface area contributed by atoms with E-state index in [1.165, 1.54) is 28.6 Å². The van der Waals surface area contributed by atoms with E-state index in [0.29, 0.717) is 23.8 Å². The van der Waals surface area contributed by atoms with Crippen LogP contribution < -0.4 is 10.9 Å². The van der Waals surface area contributed by atoms with Gasteiger partial charge in [0.15, 0.2) is 5.69 Å². The van der Waals surface area contributed by atoms with Crippen LogP contribution >= 0.6 is 22.9 Å². The normalized spacial score (nSPS) is 14.0. The van der Waals surface area contributed by atoms with Crippen LogP contribution in [0.2, 0.25) is 5.02 Å². The topological polar surface area (TPSA) is 128 Å². The minimum Gasteiger partial charge on any atom is -0.461 e. The van der Waals surface area contributed by atoms with Gasteiger partial charge in [-0.2, -0.15) is 14.1 Å². The summed E-state index contributed by atoms with van der Waals surface area (Å²) in [4.78, 5) is 39.5. The van der Waals surface area contributed by atoms with E-state index in [1.807, 2.05) is 0 Å². The third-order valence-electron chi connectivity index (χ3n) is 6.24. The molecule has 3 heterocycles. The molecule has 1 saturated heterocycles. The molecule has 0 bridgehead atoms. The van der Waals surface area contributed by atoms with Gasteiger partial charge in [0.2, 0.25) is 10.0 Å². The number of hydrogen-bond donors (Lipinski definition) is 1. The number of anilines is 1. The Labute approximate surface area is 232 Å². The first kappa shape index (κ1) is 27.0. The number of fused-ring (bicyclic) bond motifs is 1. The Balaban J connectivity index is 1.51. The number of amides is 1. The first-order valence-electron chi connectivity index (χ1n) is 12.1. The van der Waals surface area contributed by atoms with Gasteiger partial charge in [-0.05, 0) is 68.3 Å². The number of carbonyl (C=O) groups excluding carboxylic acids is 2. The Hall–Kier alpha value is -3.58. The van der Waals surface area contributed by atoms with E-state index < -0.39 is 27.5 Å². The van der Waals surface area contributed by atoms with E-state index in [-0.39, 0.29) is 38.5 Å². The molecule has 0 radical (unpaired) electrons. The summed E-state index contributed by atoms with van der Waals surface area (Å²) in [5.74, 6) is -1.26. The lowest BCUT2D eigenvalue weighted by molar-refractivity contribution is 0.0519. The molecule has 2 aromatic heterocycles. The summed E-state index contributed by atoms with van der Waals surface area (Å²) in [7, 11) is -3.62. The molecule has 10 nitrogen and oxygen atoms in total. The van der Waals surface area contributed by atoms with Gasteiger partial charge in [-0.3, -0.25) is 9.59 Å². The summed E-state index contributed by atoms with van der Waals surface area (Å²) >= 11 is 7.05. The number of rotatable bonds is 7. The van der Waals surface area contributed by atoms with Crippen molar-refractivity contribution in [3.8, 4) is 5.69 Å². The fourth-order valence-electron chi connectivity index (χ4n) is 4.28. The number of esters is 1. The van der Waals surface area contributed by atoms with Gasteiger partial charge >= 0.3 is 5.97 Å². The maximum Gasteiger partial charge on any atom is 0.359 e. The first-order chi connectivity index (χ1) is 18.7. The van der Waals surface area contributed by atoms with Gasteiger partial charge in [-0.1, -0.05) is 11.6 Å². The predicted octanol–water partition coefficient (Wildman–Crippen LogP) is 4.31. The highest BCUT2D eigenvalue weighted by Crippen LogP contribution is 2.31. The molecule has 0 spiro atoms. The second-order valence-electron chi connectivity index (χ2n) is 8.71. The van der Waals surface area contributed by atoms with E-state index >= 15 is 0 Å². The zero-order valence-corrected chi connectivity index (χ0v) is 23.1. The van der Waals surface area contributed by atoms with Crippen molar-refractivity contribution >= 4 is 60.6 Å². The van der Waals surface area contributed by atoms with Gasteiger partial charge in [-0.15, -0.1) is 11.3 Å². The van der Waals surface area contributed by atoms with Crippen LogP contribution in [-0.2, 0) is 14.8 Å². The number of sulfonamides is 1. The van der Waals surface area contributed by atoms with Gasteiger partial charge < -0.3 is 10.1 Å². The van der Waals surface area contributed by atoms with Crippen LogP contribution in [-0.4, -0.2) is 54.1 Å². The van der Waals surface area contributed by atoms with Crippen LogP contribution in [0.15, 0.2) is 63.6 Å². The number of thiophene rings is 1. The molecule has 1 aliphatic heterocycles. The molecule has 13 heteroatoms. The lowest BCUT2D eigenvalue weighted by Gasteiger charge is -2.15. The number of nitrogens with one attached hydrogen (secondary N) is 1. The summed E-state index contributed by atoms with van der Waals surface area (Å²) in [6, 6.07) is 12.0. The molecule has 0 unspecified atom stereocenters. The minimum absolute atomic E-state index is 0.0744. The van der Waals surface area contributed by atoms with E-state index in [1.54, 1.807) is 36.6 Å². The van der Waals surface area contributed by atoms with Crippen LogP contribution in [0, 0.1) is 0 Å². The number of hydrogen-bond acceptors (Lipinski definition) is 8. The largest absolute Gasteiger partial charge is 0.461 e. The Morgan fingerprint density at radius 2 is 1.74 bits per heavy atom. The van der Waals surface area contributed by atoms with Crippen molar-refractivity contribution in [2.45, 2.75) is 24.7 Å². The summed E-state index contributed by atoms with van der Waals surface area (Å²) in [6.45, 7) is 2.73. The van der Waals surface area contributed by atoms with Crippen LogP contribution in [0.25, 0.3) is 16.5 Å². The summed E-state index contributed by atoms with van der Waals surface area (Å²) < 4.78 is 33.2. The molecule has 4 aromatic rings. The van der Waals surface area contributed by atoms with Crippen molar-refractivity contribution in [3.63, 3.8) is 0 Å². The molecule has 1 amide bonds. The van der Waals surface area contributed by atoms with Gasteiger partial charge in [0.05, 0.1) is 22.6 Å². The summed E-state index contributed by atoms with van der Waals surface area (Å²) in [5, 5.41) is 9.55. The predicted molar refractivity (Wildman–Crippen MR) is 149 cm³/mol. The number of carbonyl (C=O) groups is 2. The van der Waals surface area contributed by atoms with Crippen molar-refractivity contribution in [2.24, 2.45) is 0 Å². The van der Waals surface area contributed by atoms with Crippen molar-refractivity contribution in [1.82, 2.24) is 14.1 Å². The smallest absolute Gasteiger partial charge is 0.359 e. The average molecular weight is 587 g/mol. The third kappa shape index (κ3) is 5.20. The monoisotopic (exact) mass is 586 g/mol. The van der Waals surface area contributed by atoms with Crippen LogP contribution in [0.3, 0.4) is 0 Å². The van der Waals surface area contributed by atoms with Crippen LogP contribution in [0.5, 0.6) is 0 Å². The minimum atomic E-state index is -3.62. The standard InChI is InChI=1S/C26H23ClN4O6S2/c1-2-37-26(34)22-20-15-38-24(21(20)25(33)31(29-22)18-9-7-17(27)8-10-18)28-23(32)16-5-11-19(12-6-16)39(35,36)30-13-3-4-14-30/h5-12,15H,2-4,13-14H2,1H3,(H,28,32). The maximum absolute atomic E-state index is 13.5.